The van der Waals surface area contributed by atoms with Gasteiger partial charge in [0.25, 0.3) is 0 Å². The highest BCUT2D eigenvalue weighted by atomic mass is 16.5. The summed E-state index contributed by atoms with van der Waals surface area (Å²) in [5, 5.41) is 0. The molecule has 0 aliphatic carbocycles. The number of anilines is 1. The maximum atomic E-state index is 5.80. The zero-order valence-corrected chi connectivity index (χ0v) is 17.9. The quantitative estimate of drug-likeness (QED) is 0.642. The van der Waals surface area contributed by atoms with Crippen LogP contribution < -0.4 is 23.8 Å². The SMILES string of the molecule is CCOc1ccccc1N1CCN(CCc2cc(OC)c(OC)c(OC)c2)CC1. The van der Waals surface area contributed by atoms with Crippen LogP contribution in [0.3, 0.4) is 0 Å². The molecule has 0 N–H and O–H groups in total. The zero-order chi connectivity index (χ0) is 20.6. The molecule has 0 saturated carbocycles. The van der Waals surface area contributed by atoms with Gasteiger partial charge in [0.2, 0.25) is 5.75 Å². The maximum absolute atomic E-state index is 5.80. The van der Waals surface area contributed by atoms with Gasteiger partial charge in [0, 0.05) is 32.7 Å². The Hall–Kier alpha value is -2.60. The highest BCUT2D eigenvalue weighted by molar-refractivity contribution is 5.58. The first-order valence-electron chi connectivity index (χ1n) is 10.2. The van der Waals surface area contributed by atoms with Gasteiger partial charge in [-0.1, -0.05) is 12.1 Å². The fraction of sp³-hybridized carbons (Fsp3) is 0.478. The van der Waals surface area contributed by atoms with E-state index in [0.717, 1.165) is 44.9 Å². The molecule has 0 atom stereocenters. The Labute approximate surface area is 173 Å². The molecule has 158 valence electrons. The molecular weight excluding hydrogens is 368 g/mol. The number of rotatable bonds is 9. The van der Waals surface area contributed by atoms with Crippen molar-refractivity contribution in [1.29, 1.82) is 0 Å². The van der Waals surface area contributed by atoms with Gasteiger partial charge >= 0.3 is 0 Å². The molecule has 1 aliphatic rings. The van der Waals surface area contributed by atoms with E-state index in [9.17, 15) is 0 Å². The van der Waals surface area contributed by atoms with Crippen molar-refractivity contribution < 1.29 is 18.9 Å². The molecule has 3 rings (SSSR count). The highest BCUT2D eigenvalue weighted by Gasteiger charge is 2.20. The largest absolute Gasteiger partial charge is 0.493 e. The summed E-state index contributed by atoms with van der Waals surface area (Å²) in [4.78, 5) is 4.92. The molecule has 6 nitrogen and oxygen atoms in total. The lowest BCUT2D eigenvalue weighted by atomic mass is 10.1. The third-order valence-electron chi connectivity index (χ3n) is 5.32. The van der Waals surface area contributed by atoms with Gasteiger partial charge in [-0.2, -0.15) is 0 Å². The van der Waals surface area contributed by atoms with Crippen LogP contribution in [0.15, 0.2) is 36.4 Å². The highest BCUT2D eigenvalue weighted by Crippen LogP contribution is 2.38. The Bertz CT molecular complexity index is 763. The Balaban J connectivity index is 1.58. The number of ether oxygens (including phenoxy) is 4. The standard InChI is InChI=1S/C23H32N2O4/c1-5-29-20-9-7-6-8-19(20)25-14-12-24(13-15-25)11-10-18-16-21(26-2)23(28-4)22(17-18)27-3/h6-9,16-17H,5,10-15H2,1-4H3. The predicted molar refractivity (Wildman–Crippen MR) is 116 cm³/mol. The lowest BCUT2D eigenvalue weighted by Gasteiger charge is -2.36. The Kier molecular flexibility index (Phi) is 7.47. The number of methoxy groups -OCH3 is 3. The van der Waals surface area contributed by atoms with E-state index in [1.54, 1.807) is 21.3 Å². The summed E-state index contributed by atoms with van der Waals surface area (Å²) in [6.45, 7) is 7.78. The number of para-hydroxylation sites is 2. The fourth-order valence-corrected chi connectivity index (χ4v) is 3.78. The second kappa shape index (κ2) is 10.3. The lowest BCUT2D eigenvalue weighted by molar-refractivity contribution is 0.259. The number of benzene rings is 2. The van der Waals surface area contributed by atoms with E-state index in [1.807, 2.05) is 25.1 Å². The van der Waals surface area contributed by atoms with Crippen molar-refractivity contribution in [2.24, 2.45) is 0 Å². The van der Waals surface area contributed by atoms with E-state index in [-0.39, 0.29) is 0 Å². The van der Waals surface area contributed by atoms with Crippen LogP contribution >= 0.6 is 0 Å². The first kappa shape index (κ1) is 21.1. The molecule has 0 amide bonds. The molecular formula is C23H32N2O4. The van der Waals surface area contributed by atoms with E-state index in [0.29, 0.717) is 23.9 Å². The van der Waals surface area contributed by atoms with Gasteiger partial charge in [-0.25, -0.2) is 0 Å². The third-order valence-corrected chi connectivity index (χ3v) is 5.32. The first-order valence-corrected chi connectivity index (χ1v) is 10.2. The summed E-state index contributed by atoms with van der Waals surface area (Å²) < 4.78 is 22.1. The second-order valence-electron chi connectivity index (χ2n) is 7.01. The van der Waals surface area contributed by atoms with Crippen molar-refractivity contribution in [2.45, 2.75) is 13.3 Å². The van der Waals surface area contributed by atoms with Crippen LogP contribution in [0.25, 0.3) is 0 Å². The van der Waals surface area contributed by atoms with E-state index < -0.39 is 0 Å². The average Bonchev–Trinajstić information content (AvgIpc) is 2.78. The minimum atomic E-state index is 0.639. The molecule has 29 heavy (non-hydrogen) atoms. The molecule has 0 aromatic heterocycles. The van der Waals surface area contributed by atoms with Gasteiger partial charge in [-0.15, -0.1) is 0 Å². The smallest absolute Gasteiger partial charge is 0.203 e. The van der Waals surface area contributed by atoms with Crippen LogP contribution in [-0.4, -0.2) is 65.6 Å². The van der Waals surface area contributed by atoms with Crippen LogP contribution in [0, 0.1) is 0 Å². The zero-order valence-electron chi connectivity index (χ0n) is 17.9. The minimum Gasteiger partial charge on any atom is -0.493 e. The molecule has 0 bridgehead atoms. The van der Waals surface area contributed by atoms with Crippen molar-refractivity contribution in [3.05, 3.63) is 42.0 Å². The van der Waals surface area contributed by atoms with E-state index in [2.05, 4.69) is 28.0 Å². The summed E-state index contributed by atoms with van der Waals surface area (Å²) in [7, 11) is 4.93. The average molecular weight is 401 g/mol. The minimum absolute atomic E-state index is 0.639. The van der Waals surface area contributed by atoms with Gasteiger partial charge in [0.05, 0.1) is 33.6 Å². The predicted octanol–water partition coefficient (Wildman–Crippen LogP) is 3.48. The van der Waals surface area contributed by atoms with Crippen LogP contribution in [0.5, 0.6) is 23.0 Å². The van der Waals surface area contributed by atoms with Gasteiger partial charge in [-0.3, -0.25) is 4.90 Å². The summed E-state index contributed by atoms with van der Waals surface area (Å²) in [5.74, 6) is 3.03. The third kappa shape index (κ3) is 5.07. The summed E-state index contributed by atoms with van der Waals surface area (Å²) in [6, 6.07) is 12.4. The molecule has 2 aromatic carbocycles. The number of nitrogens with zero attached hydrogens (tertiary/aromatic N) is 2. The molecule has 1 fully saturated rings. The van der Waals surface area contributed by atoms with Crippen molar-refractivity contribution >= 4 is 5.69 Å². The van der Waals surface area contributed by atoms with E-state index >= 15 is 0 Å². The number of hydrogen-bond donors (Lipinski definition) is 0. The number of hydrogen-bond acceptors (Lipinski definition) is 6. The summed E-state index contributed by atoms with van der Waals surface area (Å²) in [6.07, 6.45) is 0.937. The topological polar surface area (TPSA) is 43.4 Å². The monoisotopic (exact) mass is 400 g/mol. The molecule has 1 heterocycles. The lowest BCUT2D eigenvalue weighted by Crippen LogP contribution is -2.47. The summed E-state index contributed by atoms with van der Waals surface area (Å²) in [5.41, 5.74) is 2.38. The normalized spacial score (nSPS) is 14.6. The van der Waals surface area contributed by atoms with Crippen molar-refractivity contribution in [3.8, 4) is 23.0 Å². The Morgan fingerprint density at radius 3 is 2.07 bits per heavy atom. The van der Waals surface area contributed by atoms with Crippen molar-refractivity contribution in [3.63, 3.8) is 0 Å². The first-order chi connectivity index (χ1) is 14.2. The Morgan fingerprint density at radius 2 is 1.48 bits per heavy atom. The van der Waals surface area contributed by atoms with Crippen molar-refractivity contribution in [2.75, 3.05) is 65.6 Å². The molecule has 1 aliphatic heterocycles. The van der Waals surface area contributed by atoms with Crippen LogP contribution in [0.1, 0.15) is 12.5 Å². The van der Waals surface area contributed by atoms with Gasteiger partial charge in [-0.05, 0) is 43.2 Å². The van der Waals surface area contributed by atoms with Crippen LogP contribution in [0.2, 0.25) is 0 Å². The fourth-order valence-electron chi connectivity index (χ4n) is 3.78. The second-order valence-corrected chi connectivity index (χ2v) is 7.01. The van der Waals surface area contributed by atoms with Crippen LogP contribution in [0.4, 0.5) is 5.69 Å². The maximum Gasteiger partial charge on any atom is 0.203 e. The molecule has 1 saturated heterocycles. The molecule has 0 radical (unpaired) electrons. The summed E-state index contributed by atoms with van der Waals surface area (Å²) >= 11 is 0. The molecule has 6 heteroatoms. The van der Waals surface area contributed by atoms with Gasteiger partial charge in [0.15, 0.2) is 11.5 Å². The Morgan fingerprint density at radius 1 is 0.828 bits per heavy atom. The van der Waals surface area contributed by atoms with Crippen LogP contribution in [-0.2, 0) is 6.42 Å². The molecule has 0 unspecified atom stereocenters. The van der Waals surface area contributed by atoms with E-state index in [1.165, 1.54) is 11.3 Å². The van der Waals surface area contributed by atoms with Crippen molar-refractivity contribution in [1.82, 2.24) is 4.90 Å². The molecule has 2 aromatic rings. The van der Waals surface area contributed by atoms with Gasteiger partial charge < -0.3 is 23.8 Å². The molecule has 0 spiro atoms. The number of piperazine rings is 1. The van der Waals surface area contributed by atoms with E-state index in [4.69, 9.17) is 18.9 Å². The van der Waals surface area contributed by atoms with Gasteiger partial charge in [0.1, 0.15) is 5.75 Å².